The third-order valence-electron chi connectivity index (χ3n) is 3.12. The lowest BCUT2D eigenvalue weighted by atomic mass is 10.2. The summed E-state index contributed by atoms with van der Waals surface area (Å²) in [6.45, 7) is 0. The van der Waals surface area contributed by atoms with Crippen molar-refractivity contribution < 1.29 is 23.8 Å². The van der Waals surface area contributed by atoms with Gasteiger partial charge in [0, 0.05) is 19.2 Å². The van der Waals surface area contributed by atoms with Gasteiger partial charge in [-0.2, -0.15) is 0 Å². The standard InChI is InChI=1S/C12H15NO5/c1-17-9-3-2-8(5-9)13-11(14)10-4-7(6-18-10)12(15)16/h4,6,8-9H,2-3,5H2,1H3,(H,13,14)(H,15,16). The second-order valence-corrected chi connectivity index (χ2v) is 4.35. The number of furan rings is 1. The van der Waals surface area contributed by atoms with Crippen molar-refractivity contribution in [1.82, 2.24) is 5.32 Å². The lowest BCUT2D eigenvalue weighted by Crippen LogP contribution is -2.33. The van der Waals surface area contributed by atoms with E-state index in [9.17, 15) is 9.59 Å². The highest BCUT2D eigenvalue weighted by Crippen LogP contribution is 2.21. The number of carbonyl (C=O) groups excluding carboxylic acids is 1. The van der Waals surface area contributed by atoms with Crippen molar-refractivity contribution in [2.24, 2.45) is 0 Å². The fourth-order valence-electron chi connectivity index (χ4n) is 2.11. The van der Waals surface area contributed by atoms with E-state index in [1.807, 2.05) is 0 Å². The fourth-order valence-corrected chi connectivity index (χ4v) is 2.11. The number of carbonyl (C=O) groups is 2. The molecule has 6 heteroatoms. The Morgan fingerprint density at radius 3 is 2.83 bits per heavy atom. The first-order valence-electron chi connectivity index (χ1n) is 5.75. The van der Waals surface area contributed by atoms with Crippen LogP contribution in [0, 0.1) is 0 Å². The van der Waals surface area contributed by atoms with E-state index in [0.29, 0.717) is 0 Å². The van der Waals surface area contributed by atoms with Crippen LogP contribution >= 0.6 is 0 Å². The maximum Gasteiger partial charge on any atom is 0.338 e. The van der Waals surface area contributed by atoms with Gasteiger partial charge in [0.2, 0.25) is 0 Å². The number of carboxylic acid groups (broad SMARTS) is 1. The number of carboxylic acids is 1. The number of hydrogen-bond donors (Lipinski definition) is 2. The molecule has 2 N–H and O–H groups in total. The van der Waals surface area contributed by atoms with Crippen LogP contribution in [0.2, 0.25) is 0 Å². The van der Waals surface area contributed by atoms with Crippen LogP contribution < -0.4 is 5.32 Å². The summed E-state index contributed by atoms with van der Waals surface area (Å²) in [5.74, 6) is -1.48. The molecule has 1 aromatic heterocycles. The average Bonchev–Trinajstić information content (AvgIpc) is 2.97. The highest BCUT2D eigenvalue weighted by molar-refractivity contribution is 5.95. The van der Waals surface area contributed by atoms with Crippen molar-refractivity contribution in [2.45, 2.75) is 31.4 Å². The minimum Gasteiger partial charge on any atom is -0.478 e. The number of amides is 1. The molecule has 0 saturated heterocycles. The molecule has 1 amide bonds. The zero-order valence-electron chi connectivity index (χ0n) is 10.0. The van der Waals surface area contributed by atoms with Crippen molar-refractivity contribution >= 4 is 11.9 Å². The van der Waals surface area contributed by atoms with Crippen LogP contribution in [0.15, 0.2) is 16.7 Å². The molecule has 1 aliphatic rings. The molecule has 0 radical (unpaired) electrons. The van der Waals surface area contributed by atoms with Gasteiger partial charge in [-0.1, -0.05) is 0 Å². The number of methoxy groups -OCH3 is 1. The fraction of sp³-hybridized carbons (Fsp3) is 0.500. The monoisotopic (exact) mass is 253 g/mol. The van der Waals surface area contributed by atoms with Gasteiger partial charge in [-0.3, -0.25) is 4.79 Å². The number of nitrogens with one attached hydrogen (secondary N) is 1. The second kappa shape index (κ2) is 5.22. The van der Waals surface area contributed by atoms with Crippen molar-refractivity contribution in [3.63, 3.8) is 0 Å². The van der Waals surface area contributed by atoms with Gasteiger partial charge in [0.25, 0.3) is 5.91 Å². The van der Waals surface area contributed by atoms with Gasteiger partial charge >= 0.3 is 5.97 Å². The molecular weight excluding hydrogens is 238 g/mol. The summed E-state index contributed by atoms with van der Waals surface area (Å²) in [5, 5.41) is 11.5. The quantitative estimate of drug-likeness (QED) is 0.843. The molecular formula is C12H15NO5. The molecule has 18 heavy (non-hydrogen) atoms. The molecule has 98 valence electrons. The smallest absolute Gasteiger partial charge is 0.338 e. The average molecular weight is 253 g/mol. The molecule has 1 aromatic rings. The highest BCUT2D eigenvalue weighted by atomic mass is 16.5. The van der Waals surface area contributed by atoms with E-state index in [4.69, 9.17) is 14.3 Å². The predicted octanol–water partition coefficient (Wildman–Crippen LogP) is 1.28. The van der Waals surface area contributed by atoms with Crippen LogP contribution in [0.1, 0.15) is 40.2 Å². The van der Waals surface area contributed by atoms with Gasteiger partial charge in [-0.15, -0.1) is 0 Å². The summed E-state index contributed by atoms with van der Waals surface area (Å²) in [4.78, 5) is 22.4. The molecule has 2 atom stereocenters. The van der Waals surface area contributed by atoms with Crippen LogP contribution in [0.3, 0.4) is 0 Å². The maximum absolute atomic E-state index is 11.8. The first-order chi connectivity index (χ1) is 8.60. The SMILES string of the molecule is COC1CCC(NC(=O)c2cc(C(=O)O)co2)C1. The van der Waals surface area contributed by atoms with Crippen LogP contribution in [-0.2, 0) is 4.74 Å². The van der Waals surface area contributed by atoms with E-state index in [-0.39, 0.29) is 29.4 Å². The minimum atomic E-state index is -1.11. The summed E-state index contributed by atoms with van der Waals surface area (Å²) in [6.07, 6.45) is 3.79. The Kier molecular flexibility index (Phi) is 3.66. The summed E-state index contributed by atoms with van der Waals surface area (Å²) in [6, 6.07) is 1.28. The highest BCUT2D eigenvalue weighted by Gasteiger charge is 2.26. The Hall–Kier alpha value is -1.82. The summed E-state index contributed by atoms with van der Waals surface area (Å²) < 4.78 is 10.1. The van der Waals surface area contributed by atoms with E-state index in [1.54, 1.807) is 7.11 Å². The molecule has 2 unspecified atom stereocenters. The number of rotatable bonds is 4. The molecule has 0 aliphatic heterocycles. The van der Waals surface area contributed by atoms with Crippen molar-refractivity contribution in [2.75, 3.05) is 7.11 Å². The maximum atomic E-state index is 11.8. The third-order valence-corrected chi connectivity index (χ3v) is 3.12. The molecule has 0 aromatic carbocycles. The predicted molar refractivity (Wildman–Crippen MR) is 61.6 cm³/mol. The largest absolute Gasteiger partial charge is 0.478 e. The third kappa shape index (κ3) is 2.70. The molecule has 6 nitrogen and oxygen atoms in total. The van der Waals surface area contributed by atoms with Crippen LogP contribution in [0.5, 0.6) is 0 Å². The molecule has 1 saturated carbocycles. The number of ether oxygens (including phenoxy) is 1. The van der Waals surface area contributed by atoms with Crippen LogP contribution in [-0.4, -0.2) is 36.2 Å². The Morgan fingerprint density at radius 1 is 1.50 bits per heavy atom. The van der Waals surface area contributed by atoms with E-state index < -0.39 is 5.97 Å². The van der Waals surface area contributed by atoms with Gasteiger partial charge in [-0.25, -0.2) is 4.79 Å². The van der Waals surface area contributed by atoms with Crippen LogP contribution in [0.25, 0.3) is 0 Å². The van der Waals surface area contributed by atoms with Gasteiger partial charge in [0.1, 0.15) is 6.26 Å². The normalized spacial score (nSPS) is 22.9. The number of aromatic carboxylic acids is 1. The van der Waals surface area contributed by atoms with Crippen LogP contribution in [0.4, 0.5) is 0 Å². The van der Waals surface area contributed by atoms with Crippen molar-refractivity contribution in [3.8, 4) is 0 Å². The van der Waals surface area contributed by atoms with Gasteiger partial charge in [-0.05, 0) is 19.3 Å². The molecule has 0 spiro atoms. The summed E-state index contributed by atoms with van der Waals surface area (Å²) >= 11 is 0. The van der Waals surface area contributed by atoms with Gasteiger partial charge in [0.15, 0.2) is 5.76 Å². The lowest BCUT2D eigenvalue weighted by molar-refractivity contribution is 0.0695. The Balaban J connectivity index is 1.93. The van der Waals surface area contributed by atoms with E-state index in [1.165, 1.54) is 6.07 Å². The number of hydrogen-bond acceptors (Lipinski definition) is 4. The molecule has 1 heterocycles. The Morgan fingerprint density at radius 2 is 2.28 bits per heavy atom. The summed E-state index contributed by atoms with van der Waals surface area (Å²) in [7, 11) is 1.65. The Bertz CT molecular complexity index is 453. The first kappa shape index (κ1) is 12.6. The van der Waals surface area contributed by atoms with Crippen molar-refractivity contribution in [1.29, 1.82) is 0 Å². The molecule has 1 fully saturated rings. The van der Waals surface area contributed by atoms with Crippen molar-refractivity contribution in [3.05, 3.63) is 23.7 Å². The molecule has 0 bridgehead atoms. The zero-order valence-corrected chi connectivity index (χ0v) is 10.0. The summed E-state index contributed by atoms with van der Waals surface area (Å²) in [5.41, 5.74) is -0.0265. The topological polar surface area (TPSA) is 88.8 Å². The molecule has 1 aliphatic carbocycles. The Labute approximate surface area is 104 Å². The zero-order chi connectivity index (χ0) is 13.1. The second-order valence-electron chi connectivity index (χ2n) is 4.35. The lowest BCUT2D eigenvalue weighted by Gasteiger charge is -2.11. The van der Waals surface area contributed by atoms with E-state index in [2.05, 4.69) is 5.32 Å². The van der Waals surface area contributed by atoms with Gasteiger partial charge < -0.3 is 19.6 Å². The minimum absolute atomic E-state index is 0.0215. The molecule has 2 rings (SSSR count). The first-order valence-corrected chi connectivity index (χ1v) is 5.75. The van der Waals surface area contributed by atoms with Gasteiger partial charge in [0.05, 0.1) is 11.7 Å². The van der Waals surface area contributed by atoms with E-state index in [0.717, 1.165) is 25.5 Å². The van der Waals surface area contributed by atoms with E-state index >= 15 is 0 Å².